The zero-order valence-corrected chi connectivity index (χ0v) is 5.97. The zero-order valence-electron chi connectivity index (χ0n) is 5.97. The molecule has 5 nitrogen and oxygen atoms in total. The Morgan fingerprint density at radius 2 is 1.73 bits per heavy atom. The second-order valence-corrected chi connectivity index (χ2v) is 2.31. The number of aliphatic hydroxyl groups is 3. The summed E-state index contributed by atoms with van der Waals surface area (Å²) in [7, 11) is 0. The van der Waals surface area contributed by atoms with Crippen LogP contribution in [0.1, 0.15) is 19.3 Å². The van der Waals surface area contributed by atoms with Crippen molar-refractivity contribution in [1.29, 1.82) is 0 Å². The van der Waals surface area contributed by atoms with Crippen LogP contribution in [0.5, 0.6) is 0 Å². The van der Waals surface area contributed by atoms with Crippen LogP contribution in [0.25, 0.3) is 0 Å². The van der Waals surface area contributed by atoms with E-state index in [1.807, 2.05) is 0 Å². The van der Waals surface area contributed by atoms with Crippen LogP contribution in [-0.4, -0.2) is 38.8 Å². The molecule has 0 saturated heterocycles. The molecule has 0 bridgehead atoms. The fourth-order valence-corrected chi connectivity index (χ4v) is 0.645. The normalized spacial score (nSPS) is 13.5. The average Bonchev–Trinajstić information content (AvgIpc) is 1.82. The largest absolute Gasteiger partial charge is 0.481 e. The van der Waals surface area contributed by atoms with E-state index in [4.69, 9.17) is 20.4 Å². The minimum absolute atomic E-state index is 0.00551. The molecule has 1 unspecified atom stereocenters. The summed E-state index contributed by atoms with van der Waals surface area (Å²) in [6.07, 6.45) is -2.74. The monoisotopic (exact) mass is 164 g/mol. The summed E-state index contributed by atoms with van der Waals surface area (Å²) in [4.78, 5) is 9.97. The van der Waals surface area contributed by atoms with Crippen LogP contribution in [0, 0.1) is 0 Å². The van der Waals surface area contributed by atoms with Gasteiger partial charge in [0, 0.05) is 6.42 Å². The molecule has 0 fully saturated rings. The van der Waals surface area contributed by atoms with Gasteiger partial charge in [0.1, 0.15) is 0 Å². The maximum Gasteiger partial charge on any atom is 0.305 e. The fourth-order valence-electron chi connectivity index (χ4n) is 0.645. The Hall–Kier alpha value is -0.650. The Balaban J connectivity index is 3.37. The lowest BCUT2D eigenvalue weighted by molar-refractivity contribution is -0.139. The van der Waals surface area contributed by atoms with Gasteiger partial charge in [0.25, 0.3) is 0 Å². The molecule has 5 heteroatoms. The second-order valence-electron chi connectivity index (χ2n) is 2.31. The summed E-state index contributed by atoms with van der Waals surface area (Å²) in [5.74, 6) is -1.09. The van der Waals surface area contributed by atoms with Crippen molar-refractivity contribution in [2.75, 3.05) is 0 Å². The first-order valence-corrected chi connectivity index (χ1v) is 3.28. The van der Waals surface area contributed by atoms with Crippen molar-refractivity contribution in [2.24, 2.45) is 0 Å². The number of aliphatic carboxylic acids is 1. The maximum atomic E-state index is 9.97. The van der Waals surface area contributed by atoms with Gasteiger partial charge in [0.05, 0.1) is 12.5 Å². The van der Waals surface area contributed by atoms with Crippen LogP contribution < -0.4 is 0 Å². The third-order valence-electron chi connectivity index (χ3n) is 1.17. The van der Waals surface area contributed by atoms with Gasteiger partial charge in [-0.25, -0.2) is 0 Å². The average molecular weight is 164 g/mol. The van der Waals surface area contributed by atoms with E-state index in [1.54, 1.807) is 0 Å². The predicted octanol–water partition coefficient (Wildman–Crippen LogP) is -1.09. The van der Waals surface area contributed by atoms with Gasteiger partial charge in [0.15, 0.2) is 6.29 Å². The van der Waals surface area contributed by atoms with Gasteiger partial charge in [-0.15, -0.1) is 0 Å². The standard InChI is InChI=1S/C6H12O5/c7-4(3-6(10)11)1-2-5(8)9/h4-5,7-9H,1-3H2,(H,10,11). The van der Waals surface area contributed by atoms with Crippen molar-refractivity contribution in [3.63, 3.8) is 0 Å². The van der Waals surface area contributed by atoms with E-state index in [2.05, 4.69) is 0 Å². The van der Waals surface area contributed by atoms with Crippen LogP contribution in [0.2, 0.25) is 0 Å². The first-order valence-electron chi connectivity index (χ1n) is 3.28. The molecule has 0 aliphatic carbocycles. The molecule has 0 saturated carbocycles. The SMILES string of the molecule is O=C(O)CC(O)CCC(O)O. The van der Waals surface area contributed by atoms with Gasteiger partial charge in [-0.05, 0) is 6.42 Å². The predicted molar refractivity (Wildman–Crippen MR) is 35.7 cm³/mol. The van der Waals surface area contributed by atoms with Crippen LogP contribution in [0.15, 0.2) is 0 Å². The highest BCUT2D eigenvalue weighted by Gasteiger charge is 2.10. The molecule has 0 amide bonds. The number of carbonyl (C=O) groups is 1. The third kappa shape index (κ3) is 7.24. The molecule has 0 rings (SSSR count). The first-order chi connectivity index (χ1) is 5.02. The maximum absolute atomic E-state index is 9.97. The van der Waals surface area contributed by atoms with E-state index in [9.17, 15) is 4.79 Å². The molecule has 0 aromatic rings. The van der Waals surface area contributed by atoms with Crippen molar-refractivity contribution in [2.45, 2.75) is 31.7 Å². The summed E-state index contributed by atoms with van der Waals surface area (Å²) in [5, 5.41) is 33.7. The summed E-state index contributed by atoms with van der Waals surface area (Å²) < 4.78 is 0. The van der Waals surface area contributed by atoms with Crippen LogP contribution >= 0.6 is 0 Å². The Labute approximate surface area is 63.9 Å². The molecule has 1 atom stereocenters. The molecule has 0 spiro atoms. The number of carboxylic acid groups (broad SMARTS) is 1. The molecule has 0 aromatic carbocycles. The van der Waals surface area contributed by atoms with Crippen LogP contribution in [0.4, 0.5) is 0 Å². The highest BCUT2D eigenvalue weighted by atomic mass is 16.5. The van der Waals surface area contributed by atoms with Crippen molar-refractivity contribution in [1.82, 2.24) is 0 Å². The highest BCUT2D eigenvalue weighted by molar-refractivity contribution is 5.67. The Kier molecular flexibility index (Phi) is 4.76. The second kappa shape index (κ2) is 5.06. The number of aliphatic hydroxyl groups excluding tert-OH is 2. The van der Waals surface area contributed by atoms with E-state index in [-0.39, 0.29) is 19.3 Å². The van der Waals surface area contributed by atoms with Gasteiger partial charge in [-0.2, -0.15) is 0 Å². The smallest absolute Gasteiger partial charge is 0.305 e. The van der Waals surface area contributed by atoms with E-state index in [0.717, 1.165) is 0 Å². The summed E-state index contributed by atoms with van der Waals surface area (Å²) in [5.41, 5.74) is 0. The molecule has 11 heavy (non-hydrogen) atoms. The molecule has 4 N–H and O–H groups in total. The van der Waals surface area contributed by atoms with Gasteiger partial charge in [0.2, 0.25) is 0 Å². The van der Waals surface area contributed by atoms with Gasteiger partial charge < -0.3 is 20.4 Å². The van der Waals surface area contributed by atoms with E-state index in [0.29, 0.717) is 0 Å². The highest BCUT2D eigenvalue weighted by Crippen LogP contribution is 2.03. The lowest BCUT2D eigenvalue weighted by Gasteiger charge is -2.07. The van der Waals surface area contributed by atoms with Gasteiger partial charge in [-0.1, -0.05) is 0 Å². The van der Waals surface area contributed by atoms with Crippen molar-refractivity contribution >= 4 is 5.97 Å². The van der Waals surface area contributed by atoms with E-state index in [1.165, 1.54) is 0 Å². The lowest BCUT2D eigenvalue weighted by atomic mass is 10.1. The fraction of sp³-hybridized carbons (Fsp3) is 0.833. The van der Waals surface area contributed by atoms with Crippen molar-refractivity contribution in [3.05, 3.63) is 0 Å². The molecule has 0 aliphatic rings. The number of hydrogen-bond acceptors (Lipinski definition) is 4. The van der Waals surface area contributed by atoms with Gasteiger partial charge >= 0.3 is 5.97 Å². The number of hydrogen-bond donors (Lipinski definition) is 4. The molecule has 0 aromatic heterocycles. The molecular formula is C6H12O5. The van der Waals surface area contributed by atoms with Crippen LogP contribution in [-0.2, 0) is 4.79 Å². The van der Waals surface area contributed by atoms with E-state index >= 15 is 0 Å². The Morgan fingerprint density at radius 3 is 2.09 bits per heavy atom. The summed E-state index contributed by atoms with van der Waals surface area (Å²) >= 11 is 0. The lowest BCUT2D eigenvalue weighted by Crippen LogP contribution is -2.16. The topological polar surface area (TPSA) is 98.0 Å². The molecule has 0 radical (unpaired) electrons. The first kappa shape index (κ1) is 10.3. The number of carboxylic acids is 1. The summed E-state index contributed by atoms with van der Waals surface area (Å²) in [6.45, 7) is 0. The Morgan fingerprint density at radius 1 is 1.18 bits per heavy atom. The van der Waals surface area contributed by atoms with Crippen molar-refractivity contribution in [3.8, 4) is 0 Å². The minimum Gasteiger partial charge on any atom is -0.481 e. The van der Waals surface area contributed by atoms with Gasteiger partial charge in [-0.3, -0.25) is 4.79 Å². The van der Waals surface area contributed by atoms with E-state index < -0.39 is 18.4 Å². The molecule has 66 valence electrons. The minimum atomic E-state index is -1.47. The molecule has 0 heterocycles. The molecular weight excluding hydrogens is 152 g/mol. The van der Waals surface area contributed by atoms with Crippen molar-refractivity contribution < 1.29 is 25.2 Å². The Bertz CT molecular complexity index is 122. The zero-order chi connectivity index (χ0) is 8.85. The third-order valence-corrected chi connectivity index (χ3v) is 1.17. The molecule has 0 aliphatic heterocycles. The summed E-state index contributed by atoms with van der Waals surface area (Å²) in [6, 6.07) is 0. The van der Waals surface area contributed by atoms with Crippen LogP contribution in [0.3, 0.4) is 0 Å². The number of rotatable bonds is 5. The quantitative estimate of drug-likeness (QED) is 0.387.